The summed E-state index contributed by atoms with van der Waals surface area (Å²) in [7, 11) is 3.00. The molecule has 0 fully saturated rings. The van der Waals surface area contributed by atoms with E-state index in [1.54, 1.807) is 0 Å². The summed E-state index contributed by atoms with van der Waals surface area (Å²) < 4.78 is 36.3. The molecule has 1 unspecified atom stereocenters. The summed E-state index contributed by atoms with van der Waals surface area (Å²) in [6.07, 6.45) is -4.42. The first-order valence-electron chi connectivity index (χ1n) is 3.30. The third-order valence-corrected chi connectivity index (χ3v) is 1.32. The molecule has 0 amide bonds. The maximum atomic E-state index is 12.1. The van der Waals surface area contributed by atoms with Crippen LogP contribution in [-0.2, 0) is 0 Å². The van der Waals surface area contributed by atoms with Crippen LogP contribution in [0.3, 0.4) is 0 Å². The topological polar surface area (TPSA) is 53.1 Å². The average molecular weight is 183 g/mol. The lowest BCUT2D eigenvalue weighted by Gasteiger charge is -2.22. The van der Waals surface area contributed by atoms with E-state index in [1.165, 1.54) is 19.0 Å². The summed E-state index contributed by atoms with van der Waals surface area (Å²) in [6.45, 7) is -0.279. The van der Waals surface area contributed by atoms with Crippen molar-refractivity contribution in [3.63, 3.8) is 0 Å². The summed E-state index contributed by atoms with van der Waals surface area (Å²) in [5.41, 5.74) is 4.81. The van der Waals surface area contributed by atoms with Gasteiger partial charge in [0.2, 0.25) is 0 Å². The Bertz CT molecular complexity index is 164. The number of hydrogen-bond donors (Lipinski definition) is 2. The summed E-state index contributed by atoms with van der Waals surface area (Å²) >= 11 is 0. The van der Waals surface area contributed by atoms with E-state index in [4.69, 9.17) is 11.1 Å². The maximum absolute atomic E-state index is 12.1. The fraction of sp³-hybridized carbons (Fsp3) is 0.833. The van der Waals surface area contributed by atoms with Gasteiger partial charge in [0.25, 0.3) is 0 Å². The molecule has 72 valence electrons. The number of hydrogen-bond acceptors (Lipinski definition) is 2. The molecule has 0 aliphatic heterocycles. The van der Waals surface area contributed by atoms with E-state index < -0.39 is 17.9 Å². The molecule has 3 nitrogen and oxygen atoms in total. The molecule has 0 heterocycles. The van der Waals surface area contributed by atoms with Gasteiger partial charge in [-0.2, -0.15) is 13.2 Å². The number of nitrogens with one attached hydrogen (secondary N) is 1. The number of nitrogens with two attached hydrogens (primary N) is 1. The Kier molecular flexibility index (Phi) is 3.51. The molecule has 0 aromatic carbocycles. The SMILES string of the molecule is CN(C)CC(C(=N)N)C(F)(F)F. The van der Waals surface area contributed by atoms with E-state index in [9.17, 15) is 13.2 Å². The molecule has 12 heavy (non-hydrogen) atoms. The van der Waals surface area contributed by atoms with Gasteiger partial charge in [-0.25, -0.2) is 0 Å². The molecule has 0 aromatic rings. The lowest BCUT2D eigenvalue weighted by molar-refractivity contribution is -0.158. The van der Waals surface area contributed by atoms with Crippen molar-refractivity contribution in [1.82, 2.24) is 4.90 Å². The molecule has 0 bridgehead atoms. The van der Waals surface area contributed by atoms with E-state index in [0.717, 1.165) is 0 Å². The Labute approximate surface area is 68.8 Å². The summed E-state index contributed by atoms with van der Waals surface area (Å²) in [4.78, 5) is 1.35. The highest BCUT2D eigenvalue weighted by molar-refractivity contribution is 5.80. The Morgan fingerprint density at radius 1 is 1.50 bits per heavy atom. The van der Waals surface area contributed by atoms with Gasteiger partial charge < -0.3 is 10.6 Å². The highest BCUT2D eigenvalue weighted by atomic mass is 19.4. The van der Waals surface area contributed by atoms with Crippen LogP contribution in [0.1, 0.15) is 0 Å². The van der Waals surface area contributed by atoms with Gasteiger partial charge in [-0.1, -0.05) is 0 Å². The van der Waals surface area contributed by atoms with Crippen molar-refractivity contribution in [1.29, 1.82) is 5.41 Å². The Hall–Kier alpha value is -0.780. The molecular formula is C6H12F3N3. The second-order valence-electron chi connectivity index (χ2n) is 2.81. The standard InChI is InChI=1S/C6H12F3N3/c1-12(2)3-4(5(10)11)6(7,8)9/h4H,3H2,1-2H3,(H3,10,11). The van der Waals surface area contributed by atoms with E-state index in [2.05, 4.69) is 0 Å². The van der Waals surface area contributed by atoms with E-state index >= 15 is 0 Å². The smallest absolute Gasteiger partial charge is 0.387 e. The third-order valence-electron chi connectivity index (χ3n) is 1.32. The van der Waals surface area contributed by atoms with Crippen LogP contribution in [0.4, 0.5) is 13.2 Å². The lowest BCUT2D eigenvalue weighted by Crippen LogP contribution is -2.41. The highest BCUT2D eigenvalue weighted by Crippen LogP contribution is 2.26. The zero-order valence-electron chi connectivity index (χ0n) is 6.94. The van der Waals surface area contributed by atoms with Gasteiger partial charge in [0.1, 0.15) is 11.8 Å². The Morgan fingerprint density at radius 2 is 1.92 bits per heavy atom. The molecule has 0 saturated heterocycles. The van der Waals surface area contributed by atoms with Gasteiger partial charge in [-0.3, -0.25) is 5.41 Å². The first-order chi connectivity index (χ1) is 5.25. The third kappa shape index (κ3) is 3.56. The largest absolute Gasteiger partial charge is 0.399 e. The van der Waals surface area contributed by atoms with Crippen LogP contribution in [0.15, 0.2) is 0 Å². The van der Waals surface area contributed by atoms with Gasteiger partial charge in [0.05, 0.1) is 0 Å². The van der Waals surface area contributed by atoms with E-state index in [0.29, 0.717) is 0 Å². The van der Waals surface area contributed by atoms with Crippen LogP contribution in [-0.4, -0.2) is 37.6 Å². The van der Waals surface area contributed by atoms with Gasteiger partial charge in [-0.15, -0.1) is 0 Å². The summed E-state index contributed by atoms with van der Waals surface area (Å²) in [5, 5.41) is 6.73. The highest BCUT2D eigenvalue weighted by Gasteiger charge is 2.41. The summed E-state index contributed by atoms with van der Waals surface area (Å²) in [5.74, 6) is -2.69. The van der Waals surface area contributed by atoms with Crippen LogP contribution in [0.5, 0.6) is 0 Å². The minimum atomic E-state index is -4.42. The fourth-order valence-corrected chi connectivity index (χ4v) is 0.743. The predicted octanol–water partition coefficient (Wildman–Crippen LogP) is 0.662. The number of nitrogens with zero attached hydrogens (tertiary/aromatic N) is 1. The van der Waals surface area contributed by atoms with Crippen molar-refractivity contribution in [2.75, 3.05) is 20.6 Å². The Morgan fingerprint density at radius 3 is 2.00 bits per heavy atom. The molecule has 1 atom stereocenters. The normalized spacial score (nSPS) is 14.8. The number of amidine groups is 1. The summed E-state index contributed by atoms with van der Waals surface area (Å²) in [6, 6.07) is 0. The first kappa shape index (κ1) is 11.2. The molecule has 6 heteroatoms. The predicted molar refractivity (Wildman–Crippen MR) is 40.0 cm³/mol. The zero-order valence-corrected chi connectivity index (χ0v) is 6.94. The van der Waals surface area contributed by atoms with Gasteiger partial charge in [0.15, 0.2) is 0 Å². The van der Waals surface area contributed by atoms with Crippen LogP contribution in [0.25, 0.3) is 0 Å². The molecule has 0 aliphatic rings. The van der Waals surface area contributed by atoms with Crippen molar-refractivity contribution < 1.29 is 13.2 Å². The van der Waals surface area contributed by atoms with E-state index in [-0.39, 0.29) is 6.54 Å². The van der Waals surface area contributed by atoms with Gasteiger partial charge in [-0.05, 0) is 14.1 Å². The monoisotopic (exact) mass is 183 g/mol. The van der Waals surface area contributed by atoms with Gasteiger partial charge >= 0.3 is 6.18 Å². The van der Waals surface area contributed by atoms with Crippen molar-refractivity contribution in [2.24, 2.45) is 11.7 Å². The lowest BCUT2D eigenvalue weighted by atomic mass is 10.1. The first-order valence-corrected chi connectivity index (χ1v) is 3.30. The van der Waals surface area contributed by atoms with Gasteiger partial charge in [0, 0.05) is 6.54 Å². The van der Waals surface area contributed by atoms with Crippen LogP contribution < -0.4 is 5.73 Å². The van der Waals surface area contributed by atoms with Crippen molar-refractivity contribution in [3.05, 3.63) is 0 Å². The minimum absolute atomic E-state index is 0.279. The van der Waals surface area contributed by atoms with Crippen molar-refractivity contribution >= 4 is 5.84 Å². The van der Waals surface area contributed by atoms with E-state index in [1.807, 2.05) is 0 Å². The molecule has 0 spiro atoms. The number of halogens is 3. The quantitative estimate of drug-likeness (QED) is 0.499. The second-order valence-corrected chi connectivity index (χ2v) is 2.81. The van der Waals surface area contributed by atoms with Crippen LogP contribution >= 0.6 is 0 Å². The number of rotatable bonds is 3. The second kappa shape index (κ2) is 3.75. The van der Waals surface area contributed by atoms with Crippen molar-refractivity contribution in [2.45, 2.75) is 6.18 Å². The molecule has 0 radical (unpaired) electrons. The zero-order chi connectivity index (χ0) is 9.94. The maximum Gasteiger partial charge on any atom is 0.399 e. The molecule has 0 aromatic heterocycles. The molecule has 0 saturated carbocycles. The average Bonchev–Trinajstić information content (AvgIpc) is 1.79. The fourth-order valence-electron chi connectivity index (χ4n) is 0.743. The van der Waals surface area contributed by atoms with Crippen molar-refractivity contribution in [3.8, 4) is 0 Å². The molecular weight excluding hydrogens is 171 g/mol. The number of alkyl halides is 3. The molecule has 0 aliphatic carbocycles. The van der Waals surface area contributed by atoms with Crippen LogP contribution in [0, 0.1) is 11.3 Å². The minimum Gasteiger partial charge on any atom is -0.387 e. The molecule has 0 rings (SSSR count). The molecule has 3 N–H and O–H groups in total. The Balaban J connectivity index is 4.35. The van der Waals surface area contributed by atoms with Crippen LogP contribution in [0.2, 0.25) is 0 Å².